The molecule has 0 aliphatic rings. The predicted molar refractivity (Wildman–Crippen MR) is 74.7 cm³/mol. The van der Waals surface area contributed by atoms with Gasteiger partial charge in [0.25, 0.3) is 0 Å². The van der Waals surface area contributed by atoms with E-state index in [1.54, 1.807) is 35.7 Å². The Kier molecular flexibility index (Phi) is 3.27. The first-order chi connectivity index (χ1) is 9.24. The van der Waals surface area contributed by atoms with Crippen LogP contribution in [0.15, 0.2) is 48.0 Å². The van der Waals surface area contributed by atoms with E-state index in [9.17, 15) is 9.50 Å². The van der Waals surface area contributed by atoms with Crippen LogP contribution in [0, 0.1) is 5.82 Å². The van der Waals surface area contributed by atoms with Crippen molar-refractivity contribution in [2.45, 2.75) is 12.5 Å². The topological polar surface area (TPSA) is 33.1 Å². The molecule has 1 N–H and O–H groups in total. The average Bonchev–Trinajstić information content (AvgIpc) is 2.88. The first-order valence-corrected chi connectivity index (χ1v) is 6.86. The standard InChI is InChI=1S/C15H12FNOS/c16-12-4-2-1-3-10(12)7-14(18)11-8-15-13(17-9-11)5-6-19-15/h1-6,8-9,14,18H,7H2. The third-order valence-corrected chi connectivity index (χ3v) is 3.93. The van der Waals surface area contributed by atoms with Gasteiger partial charge < -0.3 is 5.11 Å². The summed E-state index contributed by atoms with van der Waals surface area (Å²) in [6, 6.07) is 10.4. The summed E-state index contributed by atoms with van der Waals surface area (Å²) in [6.45, 7) is 0. The number of rotatable bonds is 3. The zero-order valence-corrected chi connectivity index (χ0v) is 10.9. The quantitative estimate of drug-likeness (QED) is 0.789. The minimum atomic E-state index is -0.740. The van der Waals surface area contributed by atoms with E-state index in [2.05, 4.69) is 4.98 Å². The summed E-state index contributed by atoms with van der Waals surface area (Å²) in [5.41, 5.74) is 2.16. The lowest BCUT2D eigenvalue weighted by Crippen LogP contribution is -2.03. The summed E-state index contributed by atoms with van der Waals surface area (Å²) in [4.78, 5) is 4.28. The van der Waals surface area contributed by atoms with Crippen LogP contribution in [-0.4, -0.2) is 10.1 Å². The first-order valence-electron chi connectivity index (χ1n) is 5.98. The zero-order chi connectivity index (χ0) is 13.2. The number of hydrogen-bond donors (Lipinski definition) is 1. The molecule has 19 heavy (non-hydrogen) atoms. The number of fused-ring (bicyclic) bond motifs is 1. The third-order valence-electron chi connectivity index (χ3n) is 3.08. The van der Waals surface area contributed by atoms with E-state index in [0.29, 0.717) is 5.56 Å². The molecule has 0 saturated carbocycles. The number of hydrogen-bond acceptors (Lipinski definition) is 3. The average molecular weight is 273 g/mol. The van der Waals surface area contributed by atoms with Crippen LogP contribution in [0.2, 0.25) is 0 Å². The van der Waals surface area contributed by atoms with E-state index in [-0.39, 0.29) is 12.2 Å². The molecule has 0 amide bonds. The molecule has 0 aliphatic carbocycles. The highest BCUT2D eigenvalue weighted by molar-refractivity contribution is 7.17. The molecule has 2 nitrogen and oxygen atoms in total. The van der Waals surface area contributed by atoms with E-state index in [1.165, 1.54) is 6.07 Å². The molecule has 0 fully saturated rings. The van der Waals surface area contributed by atoms with Crippen LogP contribution < -0.4 is 0 Å². The van der Waals surface area contributed by atoms with Gasteiger partial charge in [-0.3, -0.25) is 4.98 Å². The number of aliphatic hydroxyl groups is 1. The summed E-state index contributed by atoms with van der Waals surface area (Å²) in [5, 5.41) is 12.2. The van der Waals surface area contributed by atoms with E-state index < -0.39 is 6.10 Å². The van der Waals surface area contributed by atoms with Crippen LogP contribution in [0.25, 0.3) is 10.2 Å². The Morgan fingerprint density at radius 3 is 2.95 bits per heavy atom. The van der Waals surface area contributed by atoms with Crippen molar-refractivity contribution in [3.63, 3.8) is 0 Å². The minimum absolute atomic E-state index is 0.255. The second kappa shape index (κ2) is 5.07. The van der Waals surface area contributed by atoms with Crippen molar-refractivity contribution >= 4 is 21.6 Å². The summed E-state index contributed by atoms with van der Waals surface area (Å²) >= 11 is 1.58. The Bertz CT molecular complexity index is 710. The Morgan fingerprint density at radius 2 is 2.11 bits per heavy atom. The van der Waals surface area contributed by atoms with Gasteiger partial charge in [0, 0.05) is 18.2 Å². The second-order valence-corrected chi connectivity index (χ2v) is 5.33. The highest BCUT2D eigenvalue weighted by Crippen LogP contribution is 2.25. The fourth-order valence-electron chi connectivity index (χ4n) is 2.03. The monoisotopic (exact) mass is 273 g/mol. The maximum Gasteiger partial charge on any atom is 0.126 e. The molecule has 0 radical (unpaired) electrons. The largest absolute Gasteiger partial charge is 0.388 e. The van der Waals surface area contributed by atoms with E-state index in [1.807, 2.05) is 17.5 Å². The van der Waals surface area contributed by atoms with Gasteiger partial charge in [0.05, 0.1) is 16.3 Å². The number of aliphatic hydroxyl groups excluding tert-OH is 1. The van der Waals surface area contributed by atoms with Crippen LogP contribution in [0.4, 0.5) is 4.39 Å². The van der Waals surface area contributed by atoms with Gasteiger partial charge in [-0.05, 0) is 29.1 Å². The molecule has 1 unspecified atom stereocenters. The number of halogens is 1. The number of thiophene rings is 1. The lowest BCUT2D eigenvalue weighted by Gasteiger charge is -2.11. The van der Waals surface area contributed by atoms with Gasteiger partial charge in [0.15, 0.2) is 0 Å². The molecule has 3 aromatic rings. The van der Waals surface area contributed by atoms with Gasteiger partial charge in [-0.15, -0.1) is 11.3 Å². The highest BCUT2D eigenvalue weighted by atomic mass is 32.1. The van der Waals surface area contributed by atoms with Crippen LogP contribution in [0.5, 0.6) is 0 Å². The van der Waals surface area contributed by atoms with Crippen molar-refractivity contribution in [3.8, 4) is 0 Å². The lowest BCUT2D eigenvalue weighted by atomic mass is 10.0. The number of pyridine rings is 1. The number of benzene rings is 1. The number of nitrogens with zero attached hydrogens (tertiary/aromatic N) is 1. The predicted octanol–water partition coefficient (Wildman–Crippen LogP) is 3.71. The van der Waals surface area contributed by atoms with Gasteiger partial charge in [-0.2, -0.15) is 0 Å². The SMILES string of the molecule is OC(Cc1ccccc1F)c1cnc2ccsc2c1. The molecule has 2 heterocycles. The molecule has 2 aromatic heterocycles. The molecule has 0 saturated heterocycles. The number of aromatic nitrogens is 1. The van der Waals surface area contributed by atoms with Gasteiger partial charge in [0.2, 0.25) is 0 Å². The molecule has 0 spiro atoms. The highest BCUT2D eigenvalue weighted by Gasteiger charge is 2.12. The van der Waals surface area contributed by atoms with Gasteiger partial charge in [0.1, 0.15) is 5.82 Å². The normalized spacial score (nSPS) is 12.7. The van der Waals surface area contributed by atoms with E-state index >= 15 is 0 Å². The van der Waals surface area contributed by atoms with Crippen LogP contribution >= 0.6 is 11.3 Å². The van der Waals surface area contributed by atoms with Crippen LogP contribution in [-0.2, 0) is 6.42 Å². The van der Waals surface area contributed by atoms with E-state index in [0.717, 1.165) is 15.8 Å². The molecular weight excluding hydrogens is 261 g/mol. The molecule has 0 aliphatic heterocycles. The zero-order valence-electron chi connectivity index (χ0n) is 10.1. The maximum atomic E-state index is 13.5. The van der Waals surface area contributed by atoms with Crippen molar-refractivity contribution in [3.05, 3.63) is 64.9 Å². The lowest BCUT2D eigenvalue weighted by molar-refractivity contribution is 0.177. The smallest absolute Gasteiger partial charge is 0.126 e. The van der Waals surface area contributed by atoms with Crippen molar-refractivity contribution in [2.75, 3.05) is 0 Å². The summed E-state index contributed by atoms with van der Waals surface area (Å²) in [6.07, 6.45) is 1.17. The Labute approximate surface area is 114 Å². The molecule has 4 heteroatoms. The minimum Gasteiger partial charge on any atom is -0.388 e. The van der Waals surface area contributed by atoms with Crippen molar-refractivity contribution < 1.29 is 9.50 Å². The third kappa shape index (κ3) is 2.50. The van der Waals surface area contributed by atoms with Crippen LogP contribution in [0.1, 0.15) is 17.2 Å². The molecule has 96 valence electrons. The Balaban J connectivity index is 1.87. The summed E-state index contributed by atoms with van der Waals surface area (Å²) in [7, 11) is 0. The van der Waals surface area contributed by atoms with Crippen molar-refractivity contribution in [1.29, 1.82) is 0 Å². The second-order valence-electron chi connectivity index (χ2n) is 4.38. The van der Waals surface area contributed by atoms with E-state index in [4.69, 9.17) is 0 Å². The van der Waals surface area contributed by atoms with Gasteiger partial charge in [-0.1, -0.05) is 18.2 Å². The van der Waals surface area contributed by atoms with Crippen molar-refractivity contribution in [2.24, 2.45) is 0 Å². The molecule has 3 rings (SSSR count). The van der Waals surface area contributed by atoms with Crippen LogP contribution in [0.3, 0.4) is 0 Å². The first kappa shape index (κ1) is 12.3. The van der Waals surface area contributed by atoms with Gasteiger partial charge >= 0.3 is 0 Å². The molecule has 0 bridgehead atoms. The maximum absolute atomic E-state index is 13.5. The fraction of sp³-hybridized carbons (Fsp3) is 0.133. The fourth-order valence-corrected chi connectivity index (χ4v) is 2.82. The summed E-state index contributed by atoms with van der Waals surface area (Å²) in [5.74, 6) is -0.285. The molecule has 1 atom stereocenters. The summed E-state index contributed by atoms with van der Waals surface area (Å²) < 4.78 is 14.6. The van der Waals surface area contributed by atoms with Crippen molar-refractivity contribution in [1.82, 2.24) is 4.98 Å². The molecule has 1 aromatic carbocycles. The molecular formula is C15H12FNOS. The Hall–Kier alpha value is -1.78. The van der Waals surface area contributed by atoms with Gasteiger partial charge in [-0.25, -0.2) is 4.39 Å². The Morgan fingerprint density at radius 1 is 1.26 bits per heavy atom.